The molecule has 1 aliphatic heterocycles. The van der Waals surface area contributed by atoms with Crippen LogP contribution < -0.4 is 5.32 Å². The van der Waals surface area contributed by atoms with Crippen LogP contribution in [0, 0.1) is 6.92 Å². The summed E-state index contributed by atoms with van der Waals surface area (Å²) in [5.74, 6) is 0.589. The van der Waals surface area contributed by atoms with E-state index < -0.39 is 6.10 Å². The lowest BCUT2D eigenvalue weighted by Crippen LogP contribution is -2.44. The third-order valence-corrected chi connectivity index (χ3v) is 2.95. The molecule has 0 saturated carbocycles. The minimum atomic E-state index is -0.498. The van der Waals surface area contributed by atoms with Crippen LogP contribution in [0.15, 0.2) is 16.7 Å². The first kappa shape index (κ1) is 11.2. The van der Waals surface area contributed by atoms with E-state index in [0.717, 1.165) is 0 Å². The van der Waals surface area contributed by atoms with Crippen molar-refractivity contribution in [3.8, 4) is 0 Å². The summed E-state index contributed by atoms with van der Waals surface area (Å²) in [5, 5.41) is 12.7. The van der Waals surface area contributed by atoms with E-state index in [2.05, 4.69) is 5.32 Å². The topological polar surface area (TPSA) is 65.7 Å². The Kier molecular flexibility index (Phi) is 2.98. The largest absolute Gasteiger partial charge is 0.469 e. The molecule has 1 fully saturated rings. The molecule has 2 rings (SSSR count). The Bertz CT molecular complexity index is 388. The number of hydrogen-bond donors (Lipinski definition) is 2. The molecule has 1 amide bonds. The Morgan fingerprint density at radius 1 is 1.62 bits per heavy atom. The zero-order chi connectivity index (χ0) is 11.7. The highest BCUT2D eigenvalue weighted by molar-refractivity contribution is 5.94. The van der Waals surface area contributed by atoms with E-state index in [0.29, 0.717) is 24.4 Å². The highest BCUT2D eigenvalue weighted by Crippen LogP contribution is 2.14. The predicted molar refractivity (Wildman–Crippen MR) is 58.2 cm³/mol. The third-order valence-electron chi connectivity index (χ3n) is 2.95. The van der Waals surface area contributed by atoms with Gasteiger partial charge in [-0.05, 0) is 13.0 Å². The number of carbonyl (C=O) groups is 1. The van der Waals surface area contributed by atoms with Crippen molar-refractivity contribution in [2.24, 2.45) is 0 Å². The monoisotopic (exact) mass is 224 g/mol. The lowest BCUT2D eigenvalue weighted by molar-refractivity contribution is 0.0580. The fourth-order valence-corrected chi connectivity index (χ4v) is 1.96. The Morgan fingerprint density at radius 2 is 2.38 bits per heavy atom. The lowest BCUT2D eigenvalue weighted by Gasteiger charge is -2.25. The molecule has 0 radical (unpaired) electrons. The molecular weight excluding hydrogens is 208 g/mol. The zero-order valence-corrected chi connectivity index (χ0v) is 9.43. The molecule has 0 aliphatic carbocycles. The van der Waals surface area contributed by atoms with Gasteiger partial charge in [-0.15, -0.1) is 0 Å². The van der Waals surface area contributed by atoms with E-state index in [1.165, 1.54) is 6.26 Å². The molecule has 2 atom stereocenters. The number of aryl methyl sites for hydroxylation is 1. The summed E-state index contributed by atoms with van der Waals surface area (Å²) in [4.78, 5) is 13.6. The first-order chi connectivity index (χ1) is 7.59. The molecule has 2 heterocycles. The van der Waals surface area contributed by atoms with Crippen molar-refractivity contribution in [1.82, 2.24) is 10.2 Å². The van der Waals surface area contributed by atoms with Crippen molar-refractivity contribution in [3.05, 3.63) is 23.7 Å². The standard InChI is InChI=1S/C11H16N2O3/c1-7-3-8(6-16-7)11(15)13(2)9-4-12-5-10(9)14/h3,6,9-10,12,14H,4-5H2,1-2H3/t9-,10-/m1/s1. The lowest BCUT2D eigenvalue weighted by atomic mass is 10.1. The minimum Gasteiger partial charge on any atom is -0.469 e. The molecule has 1 aromatic heterocycles. The molecule has 88 valence electrons. The zero-order valence-electron chi connectivity index (χ0n) is 9.43. The van der Waals surface area contributed by atoms with Crippen LogP contribution in [-0.2, 0) is 0 Å². The first-order valence-corrected chi connectivity index (χ1v) is 5.30. The fraction of sp³-hybridized carbons (Fsp3) is 0.545. The summed E-state index contributed by atoms with van der Waals surface area (Å²) in [6.07, 6.45) is 0.949. The van der Waals surface area contributed by atoms with Gasteiger partial charge in [0.05, 0.1) is 17.7 Å². The Labute approximate surface area is 94.0 Å². The fourth-order valence-electron chi connectivity index (χ4n) is 1.96. The summed E-state index contributed by atoms with van der Waals surface area (Å²) in [6.45, 7) is 2.95. The van der Waals surface area contributed by atoms with Gasteiger partial charge in [0.2, 0.25) is 0 Å². The quantitative estimate of drug-likeness (QED) is 0.741. The second-order valence-corrected chi connectivity index (χ2v) is 4.16. The van der Waals surface area contributed by atoms with Crippen LogP contribution in [0.4, 0.5) is 0 Å². The van der Waals surface area contributed by atoms with Crippen molar-refractivity contribution in [2.75, 3.05) is 20.1 Å². The number of hydrogen-bond acceptors (Lipinski definition) is 4. The van der Waals surface area contributed by atoms with E-state index >= 15 is 0 Å². The molecule has 1 aliphatic rings. The highest BCUT2D eigenvalue weighted by Gasteiger charge is 2.31. The molecule has 0 aromatic carbocycles. The van der Waals surface area contributed by atoms with Gasteiger partial charge >= 0.3 is 0 Å². The highest BCUT2D eigenvalue weighted by atomic mass is 16.3. The number of amides is 1. The Balaban J connectivity index is 2.10. The molecule has 2 N–H and O–H groups in total. The van der Waals surface area contributed by atoms with Gasteiger partial charge < -0.3 is 19.7 Å². The van der Waals surface area contributed by atoms with Gasteiger partial charge in [0.25, 0.3) is 5.91 Å². The number of nitrogens with zero attached hydrogens (tertiary/aromatic N) is 1. The van der Waals surface area contributed by atoms with Gasteiger partial charge in [-0.1, -0.05) is 0 Å². The molecular formula is C11H16N2O3. The SMILES string of the molecule is Cc1cc(C(=O)N(C)[C@@H]2CNC[C@H]2O)co1. The molecule has 5 nitrogen and oxygen atoms in total. The average Bonchev–Trinajstić information content (AvgIpc) is 2.85. The van der Waals surface area contributed by atoms with E-state index in [1.54, 1.807) is 24.9 Å². The summed E-state index contributed by atoms with van der Waals surface area (Å²) >= 11 is 0. The second kappa shape index (κ2) is 4.27. The van der Waals surface area contributed by atoms with Crippen LogP contribution in [0.25, 0.3) is 0 Å². The van der Waals surface area contributed by atoms with Crippen molar-refractivity contribution in [2.45, 2.75) is 19.1 Å². The molecule has 0 bridgehead atoms. The molecule has 16 heavy (non-hydrogen) atoms. The molecule has 0 spiro atoms. The van der Waals surface area contributed by atoms with Gasteiger partial charge in [0.15, 0.2) is 0 Å². The van der Waals surface area contributed by atoms with Gasteiger partial charge in [0.1, 0.15) is 12.0 Å². The summed E-state index contributed by atoms with van der Waals surface area (Å²) in [6, 6.07) is 1.54. The third kappa shape index (κ3) is 1.96. The predicted octanol–water partition coefficient (Wildman–Crippen LogP) is -0.00728. The molecule has 0 unspecified atom stereocenters. The Morgan fingerprint density at radius 3 is 2.88 bits per heavy atom. The number of likely N-dealkylation sites (N-methyl/N-ethyl adjacent to an activating group) is 1. The van der Waals surface area contributed by atoms with Gasteiger partial charge in [0, 0.05) is 20.1 Å². The number of aliphatic hydroxyl groups excluding tert-OH is 1. The number of nitrogens with one attached hydrogen (secondary N) is 1. The van der Waals surface area contributed by atoms with Crippen LogP contribution in [0.3, 0.4) is 0 Å². The number of rotatable bonds is 2. The number of aliphatic hydroxyl groups is 1. The van der Waals surface area contributed by atoms with E-state index in [4.69, 9.17) is 4.42 Å². The van der Waals surface area contributed by atoms with Crippen molar-refractivity contribution >= 4 is 5.91 Å². The van der Waals surface area contributed by atoms with Crippen LogP contribution in [0.1, 0.15) is 16.1 Å². The molecule has 5 heteroatoms. The van der Waals surface area contributed by atoms with Crippen LogP contribution in [0.2, 0.25) is 0 Å². The molecule has 1 saturated heterocycles. The number of furan rings is 1. The van der Waals surface area contributed by atoms with E-state index in [1.807, 2.05) is 0 Å². The number of β-amino-alcohol motifs (C(OH)–C–C–N with tert-alkyl or cyclic N) is 1. The van der Waals surface area contributed by atoms with Gasteiger partial charge in [-0.25, -0.2) is 0 Å². The van der Waals surface area contributed by atoms with Gasteiger partial charge in [-0.2, -0.15) is 0 Å². The number of carbonyl (C=O) groups excluding carboxylic acids is 1. The first-order valence-electron chi connectivity index (χ1n) is 5.30. The van der Waals surface area contributed by atoms with Crippen molar-refractivity contribution < 1.29 is 14.3 Å². The summed E-state index contributed by atoms with van der Waals surface area (Å²) in [5.41, 5.74) is 0.527. The normalized spacial score (nSPS) is 24.7. The summed E-state index contributed by atoms with van der Waals surface area (Å²) in [7, 11) is 1.70. The maximum atomic E-state index is 12.0. The van der Waals surface area contributed by atoms with Crippen LogP contribution in [0.5, 0.6) is 0 Å². The van der Waals surface area contributed by atoms with E-state index in [-0.39, 0.29) is 11.9 Å². The smallest absolute Gasteiger partial charge is 0.257 e. The maximum Gasteiger partial charge on any atom is 0.257 e. The molecule has 1 aromatic rings. The van der Waals surface area contributed by atoms with E-state index in [9.17, 15) is 9.90 Å². The van der Waals surface area contributed by atoms with Crippen LogP contribution >= 0.6 is 0 Å². The van der Waals surface area contributed by atoms with Crippen molar-refractivity contribution in [1.29, 1.82) is 0 Å². The second-order valence-electron chi connectivity index (χ2n) is 4.16. The minimum absolute atomic E-state index is 0.121. The maximum absolute atomic E-state index is 12.0. The van der Waals surface area contributed by atoms with Crippen molar-refractivity contribution in [3.63, 3.8) is 0 Å². The Hall–Kier alpha value is -1.33. The van der Waals surface area contributed by atoms with Gasteiger partial charge in [-0.3, -0.25) is 4.79 Å². The average molecular weight is 224 g/mol. The summed E-state index contributed by atoms with van der Waals surface area (Å²) < 4.78 is 5.10. The van der Waals surface area contributed by atoms with Crippen LogP contribution in [-0.4, -0.2) is 48.2 Å².